The molecule has 0 unspecified atom stereocenters. The van der Waals surface area contributed by atoms with Crippen LogP contribution in [0.25, 0.3) is 54.9 Å². The van der Waals surface area contributed by atoms with Crippen LogP contribution in [0.2, 0.25) is 0 Å². The minimum atomic E-state index is 0.105. The van der Waals surface area contributed by atoms with Crippen molar-refractivity contribution >= 4 is 38.6 Å². The highest BCUT2D eigenvalue weighted by molar-refractivity contribution is 6.12. The Morgan fingerprint density at radius 3 is 1.26 bits per heavy atom. The average Bonchev–Trinajstić information content (AvgIpc) is 3.07. The molecule has 0 aliphatic heterocycles. The molecule has 230 valence electrons. The predicted molar refractivity (Wildman–Crippen MR) is 203 cm³/mol. The maximum Gasteiger partial charge on any atom is 0.0468 e. The third-order valence-corrected chi connectivity index (χ3v) is 9.87. The van der Waals surface area contributed by atoms with Crippen molar-refractivity contribution in [2.24, 2.45) is 0 Å². The van der Waals surface area contributed by atoms with E-state index < -0.39 is 0 Å². The van der Waals surface area contributed by atoms with E-state index >= 15 is 0 Å². The summed E-state index contributed by atoms with van der Waals surface area (Å²) in [6, 6.07) is 52.1. The molecular formula is C46H41N. The first-order valence-corrected chi connectivity index (χ1v) is 16.8. The Bertz CT molecular complexity index is 2220. The summed E-state index contributed by atoms with van der Waals surface area (Å²) in [5.41, 5.74) is 14.3. The van der Waals surface area contributed by atoms with E-state index in [1.807, 2.05) is 0 Å². The summed E-state index contributed by atoms with van der Waals surface area (Å²) >= 11 is 0. The van der Waals surface area contributed by atoms with E-state index in [-0.39, 0.29) is 10.8 Å². The van der Waals surface area contributed by atoms with Gasteiger partial charge in [-0.15, -0.1) is 0 Å². The molecule has 0 aromatic heterocycles. The summed E-state index contributed by atoms with van der Waals surface area (Å²) in [7, 11) is 0. The zero-order chi connectivity index (χ0) is 32.5. The first-order chi connectivity index (χ1) is 22.5. The SMILES string of the molecule is CC(C)(C)c1ccc(N(c2ccc(C(C)(C)C)cc2)c2ccc3cc4c(cc3c2)-c2cc3ccc(-c5ccccc5)cc3cc2-4)cc1. The zero-order valence-corrected chi connectivity index (χ0v) is 28.2. The molecule has 0 N–H and O–H groups in total. The molecular weight excluding hydrogens is 567 g/mol. The number of rotatable bonds is 4. The van der Waals surface area contributed by atoms with Crippen LogP contribution >= 0.6 is 0 Å². The van der Waals surface area contributed by atoms with Gasteiger partial charge in [-0.05, 0) is 144 Å². The van der Waals surface area contributed by atoms with Crippen molar-refractivity contribution in [2.75, 3.05) is 4.90 Å². The largest absolute Gasteiger partial charge is 0.310 e. The molecule has 47 heavy (non-hydrogen) atoms. The van der Waals surface area contributed by atoms with Crippen LogP contribution in [0.15, 0.2) is 140 Å². The normalized spacial score (nSPS) is 12.5. The van der Waals surface area contributed by atoms with Gasteiger partial charge in [-0.2, -0.15) is 0 Å². The van der Waals surface area contributed by atoms with Gasteiger partial charge in [0.15, 0.2) is 0 Å². The van der Waals surface area contributed by atoms with Crippen LogP contribution in [0, 0.1) is 0 Å². The Kier molecular flexibility index (Phi) is 6.67. The second-order valence-electron chi connectivity index (χ2n) is 15.2. The molecule has 0 radical (unpaired) electrons. The summed E-state index contributed by atoms with van der Waals surface area (Å²) in [5.74, 6) is 0. The van der Waals surface area contributed by atoms with Gasteiger partial charge in [-0.1, -0.05) is 114 Å². The summed E-state index contributed by atoms with van der Waals surface area (Å²) in [6.07, 6.45) is 0. The average molecular weight is 608 g/mol. The monoisotopic (exact) mass is 607 g/mol. The molecule has 8 rings (SSSR count). The molecule has 0 fully saturated rings. The van der Waals surface area contributed by atoms with Crippen LogP contribution in [0.3, 0.4) is 0 Å². The van der Waals surface area contributed by atoms with Crippen molar-refractivity contribution in [2.45, 2.75) is 52.4 Å². The number of fused-ring (bicyclic) bond motifs is 6. The lowest BCUT2D eigenvalue weighted by Gasteiger charge is -2.29. The molecule has 1 nitrogen and oxygen atoms in total. The third kappa shape index (κ3) is 5.21. The molecule has 1 aliphatic rings. The van der Waals surface area contributed by atoms with Crippen molar-refractivity contribution in [1.82, 2.24) is 0 Å². The summed E-state index contributed by atoms with van der Waals surface area (Å²) < 4.78 is 0. The summed E-state index contributed by atoms with van der Waals surface area (Å²) in [6.45, 7) is 13.6. The van der Waals surface area contributed by atoms with Gasteiger partial charge in [-0.3, -0.25) is 0 Å². The van der Waals surface area contributed by atoms with E-state index in [9.17, 15) is 0 Å². The van der Waals surface area contributed by atoms with Crippen LogP contribution < -0.4 is 4.90 Å². The van der Waals surface area contributed by atoms with Gasteiger partial charge in [0.2, 0.25) is 0 Å². The van der Waals surface area contributed by atoms with Gasteiger partial charge in [-0.25, -0.2) is 0 Å². The van der Waals surface area contributed by atoms with Crippen molar-refractivity contribution in [1.29, 1.82) is 0 Å². The fourth-order valence-corrected chi connectivity index (χ4v) is 7.03. The molecule has 0 saturated carbocycles. The Morgan fingerprint density at radius 2 is 0.766 bits per heavy atom. The van der Waals surface area contributed by atoms with E-state index in [1.165, 1.54) is 66.1 Å². The Hall–Kier alpha value is -5.14. The summed E-state index contributed by atoms with van der Waals surface area (Å²) in [4.78, 5) is 2.39. The van der Waals surface area contributed by atoms with Gasteiger partial charge in [0, 0.05) is 17.1 Å². The lowest BCUT2D eigenvalue weighted by atomic mass is 9.77. The molecule has 0 amide bonds. The number of benzene rings is 7. The van der Waals surface area contributed by atoms with Crippen molar-refractivity contribution in [3.63, 3.8) is 0 Å². The van der Waals surface area contributed by atoms with Crippen LogP contribution in [0.4, 0.5) is 17.1 Å². The predicted octanol–water partition coefficient (Wildman–Crippen LogP) is 13.4. The molecule has 7 aromatic rings. The maximum absolute atomic E-state index is 2.39. The topological polar surface area (TPSA) is 3.24 Å². The number of anilines is 3. The van der Waals surface area contributed by atoms with Gasteiger partial charge in [0.05, 0.1) is 0 Å². The van der Waals surface area contributed by atoms with Crippen molar-refractivity contribution in [3.8, 4) is 33.4 Å². The highest BCUT2D eigenvalue weighted by Crippen LogP contribution is 2.51. The zero-order valence-electron chi connectivity index (χ0n) is 28.2. The summed E-state index contributed by atoms with van der Waals surface area (Å²) in [5, 5.41) is 5.10. The van der Waals surface area contributed by atoms with Crippen LogP contribution in [-0.4, -0.2) is 0 Å². The van der Waals surface area contributed by atoms with E-state index in [0.717, 1.165) is 17.1 Å². The minimum absolute atomic E-state index is 0.105. The Labute approximate surface area is 279 Å². The lowest BCUT2D eigenvalue weighted by molar-refractivity contribution is 0.590. The molecule has 0 bridgehead atoms. The molecule has 0 heterocycles. The fraction of sp³-hybridized carbons (Fsp3) is 0.174. The number of hydrogen-bond acceptors (Lipinski definition) is 1. The standard InChI is InChI=1S/C46H41N/c1-45(2,3)36-15-20-38(21-16-36)47(39-22-17-37(18-23-39)46(4,5)6)40-19-14-33-27-42-43-28-34-24-31(30-10-8-7-9-11-30)12-13-32(34)26-41(43)44(42)29-35(33)25-40/h7-29H,1-6H3. The minimum Gasteiger partial charge on any atom is -0.310 e. The van der Waals surface area contributed by atoms with Gasteiger partial charge in [0.1, 0.15) is 0 Å². The Morgan fingerprint density at radius 1 is 0.340 bits per heavy atom. The maximum atomic E-state index is 2.39. The quantitative estimate of drug-likeness (QED) is 0.192. The fourth-order valence-electron chi connectivity index (χ4n) is 7.03. The van der Waals surface area contributed by atoms with Crippen molar-refractivity contribution in [3.05, 3.63) is 151 Å². The van der Waals surface area contributed by atoms with E-state index in [2.05, 4.69) is 186 Å². The van der Waals surface area contributed by atoms with Gasteiger partial charge >= 0.3 is 0 Å². The van der Waals surface area contributed by atoms with Crippen LogP contribution in [0.5, 0.6) is 0 Å². The van der Waals surface area contributed by atoms with Crippen LogP contribution in [0.1, 0.15) is 52.7 Å². The molecule has 7 aromatic carbocycles. The number of nitrogens with zero attached hydrogens (tertiary/aromatic N) is 1. The highest BCUT2D eigenvalue weighted by Gasteiger charge is 2.25. The second kappa shape index (κ2) is 10.7. The van der Waals surface area contributed by atoms with E-state index in [1.54, 1.807) is 0 Å². The smallest absolute Gasteiger partial charge is 0.0468 e. The molecule has 1 aliphatic carbocycles. The first-order valence-electron chi connectivity index (χ1n) is 16.8. The molecule has 1 heteroatoms. The molecule has 0 saturated heterocycles. The Balaban J connectivity index is 1.20. The third-order valence-electron chi connectivity index (χ3n) is 9.87. The van der Waals surface area contributed by atoms with E-state index in [4.69, 9.17) is 0 Å². The molecule has 0 spiro atoms. The van der Waals surface area contributed by atoms with Gasteiger partial charge < -0.3 is 4.90 Å². The number of hydrogen-bond donors (Lipinski definition) is 0. The second-order valence-corrected chi connectivity index (χ2v) is 15.2. The van der Waals surface area contributed by atoms with Crippen molar-refractivity contribution < 1.29 is 0 Å². The lowest BCUT2D eigenvalue weighted by Crippen LogP contribution is -2.14. The first kappa shape index (κ1) is 29.3. The highest BCUT2D eigenvalue weighted by atomic mass is 15.1. The van der Waals surface area contributed by atoms with Crippen LogP contribution in [-0.2, 0) is 10.8 Å². The van der Waals surface area contributed by atoms with Gasteiger partial charge in [0.25, 0.3) is 0 Å². The molecule has 0 atom stereocenters. The van der Waals surface area contributed by atoms with E-state index in [0.29, 0.717) is 0 Å².